The first-order valence-electron chi connectivity index (χ1n) is 7.00. The van der Waals surface area contributed by atoms with Crippen molar-refractivity contribution in [2.45, 2.75) is 13.8 Å². The molecule has 0 fully saturated rings. The smallest absolute Gasteiger partial charge is 0.276 e. The summed E-state index contributed by atoms with van der Waals surface area (Å²) in [7, 11) is 0. The molecular weight excluding hydrogens is 407 g/mol. The Morgan fingerprint density at radius 2 is 1.74 bits per heavy atom. The fourth-order valence-electron chi connectivity index (χ4n) is 2.03. The summed E-state index contributed by atoms with van der Waals surface area (Å²) in [4.78, 5) is 23.6. The van der Waals surface area contributed by atoms with Gasteiger partial charge < -0.3 is 4.74 Å². The van der Waals surface area contributed by atoms with Crippen molar-refractivity contribution >= 4 is 34.4 Å². The average molecular weight is 424 g/mol. The summed E-state index contributed by atoms with van der Waals surface area (Å²) in [5, 5.41) is 0. The highest BCUT2D eigenvalue weighted by atomic mass is 127. The van der Waals surface area contributed by atoms with Crippen LogP contribution in [0.25, 0.3) is 0 Å². The van der Waals surface area contributed by atoms with E-state index < -0.39 is 5.91 Å². The lowest BCUT2D eigenvalue weighted by Gasteiger charge is -2.10. The Kier molecular flexibility index (Phi) is 5.97. The Labute approximate surface area is 148 Å². The van der Waals surface area contributed by atoms with Crippen LogP contribution >= 0.6 is 22.6 Å². The Balaban J connectivity index is 1.82. The summed E-state index contributed by atoms with van der Waals surface area (Å²) < 4.78 is 6.37. The molecule has 0 aliphatic carbocycles. The van der Waals surface area contributed by atoms with Crippen LogP contribution in [-0.2, 0) is 4.79 Å². The van der Waals surface area contributed by atoms with Crippen LogP contribution in [0.2, 0.25) is 0 Å². The topological polar surface area (TPSA) is 67.4 Å². The Morgan fingerprint density at radius 3 is 2.39 bits per heavy atom. The zero-order valence-electron chi connectivity index (χ0n) is 12.9. The van der Waals surface area contributed by atoms with Crippen molar-refractivity contribution in [2.75, 3.05) is 6.61 Å². The minimum absolute atomic E-state index is 0.171. The predicted molar refractivity (Wildman–Crippen MR) is 96.2 cm³/mol. The van der Waals surface area contributed by atoms with Crippen LogP contribution in [0.15, 0.2) is 42.5 Å². The molecule has 2 rings (SSSR count). The van der Waals surface area contributed by atoms with Gasteiger partial charge in [0.2, 0.25) is 0 Å². The molecule has 23 heavy (non-hydrogen) atoms. The number of carbonyl (C=O) groups excluding carboxylic acids is 2. The lowest BCUT2D eigenvalue weighted by Crippen LogP contribution is -2.43. The second-order valence-corrected chi connectivity index (χ2v) is 6.37. The lowest BCUT2D eigenvalue weighted by molar-refractivity contribution is -0.123. The van der Waals surface area contributed by atoms with E-state index >= 15 is 0 Å². The van der Waals surface area contributed by atoms with Crippen LogP contribution in [0.3, 0.4) is 0 Å². The van der Waals surface area contributed by atoms with Crippen LogP contribution < -0.4 is 15.6 Å². The minimum atomic E-state index is -0.428. The molecule has 0 saturated carbocycles. The van der Waals surface area contributed by atoms with Gasteiger partial charge in [-0.1, -0.05) is 12.1 Å². The zero-order valence-corrected chi connectivity index (χ0v) is 15.0. The van der Waals surface area contributed by atoms with Crippen LogP contribution in [0, 0.1) is 17.4 Å². The molecule has 2 amide bonds. The molecule has 0 aromatic heterocycles. The molecule has 120 valence electrons. The maximum absolute atomic E-state index is 11.9. The van der Waals surface area contributed by atoms with Crippen molar-refractivity contribution in [2.24, 2.45) is 0 Å². The van der Waals surface area contributed by atoms with E-state index in [4.69, 9.17) is 4.74 Å². The molecule has 2 N–H and O–H groups in total. The summed E-state index contributed by atoms with van der Waals surface area (Å²) in [5.74, 6) is -0.173. The lowest BCUT2D eigenvalue weighted by atomic mass is 10.1. The van der Waals surface area contributed by atoms with Gasteiger partial charge in [0.1, 0.15) is 5.75 Å². The highest BCUT2D eigenvalue weighted by Gasteiger charge is 2.08. The average Bonchev–Trinajstić information content (AvgIpc) is 2.49. The number of hydrazine groups is 1. The van der Waals surface area contributed by atoms with E-state index in [-0.39, 0.29) is 12.5 Å². The molecule has 0 aliphatic heterocycles. The maximum atomic E-state index is 11.9. The third-order valence-electron chi connectivity index (χ3n) is 2.97. The Morgan fingerprint density at radius 1 is 1.04 bits per heavy atom. The van der Waals surface area contributed by atoms with Crippen LogP contribution in [0.5, 0.6) is 5.75 Å². The van der Waals surface area contributed by atoms with Gasteiger partial charge in [-0.25, -0.2) is 0 Å². The third kappa shape index (κ3) is 5.55. The van der Waals surface area contributed by atoms with Gasteiger partial charge in [0, 0.05) is 9.13 Å². The van der Waals surface area contributed by atoms with E-state index in [1.165, 1.54) is 0 Å². The molecule has 0 bridgehead atoms. The molecule has 6 heteroatoms. The Bertz CT molecular complexity index is 711. The third-order valence-corrected chi connectivity index (χ3v) is 3.64. The number of rotatable bonds is 4. The maximum Gasteiger partial charge on any atom is 0.276 e. The van der Waals surface area contributed by atoms with Crippen LogP contribution in [0.1, 0.15) is 21.5 Å². The summed E-state index contributed by atoms with van der Waals surface area (Å²) in [6.45, 7) is 3.75. The fraction of sp³-hybridized carbons (Fsp3) is 0.176. The number of ether oxygens (including phenoxy) is 1. The van der Waals surface area contributed by atoms with Crippen molar-refractivity contribution in [3.8, 4) is 5.75 Å². The molecule has 0 saturated heterocycles. The quantitative estimate of drug-likeness (QED) is 0.586. The summed E-state index contributed by atoms with van der Waals surface area (Å²) in [6.07, 6.45) is 0. The molecule has 0 radical (unpaired) electrons. The van der Waals surface area contributed by atoms with Crippen molar-refractivity contribution in [1.29, 1.82) is 0 Å². The van der Waals surface area contributed by atoms with Crippen molar-refractivity contribution in [1.82, 2.24) is 10.9 Å². The van der Waals surface area contributed by atoms with E-state index in [9.17, 15) is 9.59 Å². The van der Waals surface area contributed by atoms with Gasteiger partial charge in [0.05, 0.1) is 0 Å². The first-order valence-corrected chi connectivity index (χ1v) is 8.08. The largest absolute Gasteiger partial charge is 0.484 e. The number of hydrogen-bond acceptors (Lipinski definition) is 3. The number of aryl methyl sites for hydroxylation is 2. The summed E-state index contributed by atoms with van der Waals surface area (Å²) >= 11 is 2.12. The molecule has 2 aromatic carbocycles. The van der Waals surface area contributed by atoms with Crippen LogP contribution in [0.4, 0.5) is 0 Å². The van der Waals surface area contributed by atoms with Gasteiger partial charge >= 0.3 is 0 Å². The van der Waals surface area contributed by atoms with Gasteiger partial charge in [0.25, 0.3) is 11.8 Å². The summed E-state index contributed by atoms with van der Waals surface area (Å²) in [6, 6.07) is 12.8. The molecule has 0 unspecified atom stereocenters. The second-order valence-electron chi connectivity index (χ2n) is 5.12. The Hall–Kier alpha value is -2.09. The number of carbonyl (C=O) groups is 2. The summed E-state index contributed by atoms with van der Waals surface area (Å²) in [5.41, 5.74) is 7.30. The van der Waals surface area contributed by atoms with E-state index in [1.807, 2.05) is 38.1 Å². The molecular formula is C17H17IN2O3. The number of benzene rings is 2. The van der Waals surface area contributed by atoms with Crippen LogP contribution in [-0.4, -0.2) is 18.4 Å². The molecule has 0 spiro atoms. The number of amides is 2. The monoisotopic (exact) mass is 424 g/mol. The second kappa shape index (κ2) is 7.96. The molecule has 0 heterocycles. The molecule has 0 aliphatic rings. The van der Waals surface area contributed by atoms with E-state index in [2.05, 4.69) is 33.4 Å². The van der Waals surface area contributed by atoms with Gasteiger partial charge in [-0.3, -0.25) is 20.4 Å². The van der Waals surface area contributed by atoms with Gasteiger partial charge in [-0.15, -0.1) is 0 Å². The first kappa shape index (κ1) is 17.3. The van der Waals surface area contributed by atoms with E-state index in [0.717, 1.165) is 14.7 Å². The number of hydrogen-bond donors (Lipinski definition) is 2. The molecule has 0 atom stereocenters. The minimum Gasteiger partial charge on any atom is -0.484 e. The van der Waals surface area contributed by atoms with Crippen molar-refractivity contribution in [3.63, 3.8) is 0 Å². The normalized spacial score (nSPS) is 10.0. The zero-order chi connectivity index (χ0) is 16.8. The first-order chi connectivity index (χ1) is 10.9. The van der Waals surface area contributed by atoms with Gasteiger partial charge in [-0.2, -0.15) is 0 Å². The van der Waals surface area contributed by atoms with Gasteiger partial charge in [0.15, 0.2) is 6.61 Å². The SMILES string of the molecule is Cc1cc(C)cc(OCC(=O)NNC(=O)c2cccc(I)c2)c1. The van der Waals surface area contributed by atoms with Gasteiger partial charge in [-0.05, 0) is 77.9 Å². The highest BCUT2D eigenvalue weighted by molar-refractivity contribution is 14.1. The molecule has 2 aromatic rings. The number of halogens is 1. The van der Waals surface area contributed by atoms with E-state index in [0.29, 0.717) is 11.3 Å². The molecule has 5 nitrogen and oxygen atoms in total. The predicted octanol–water partition coefficient (Wildman–Crippen LogP) is 2.75. The highest BCUT2D eigenvalue weighted by Crippen LogP contribution is 2.15. The standard InChI is InChI=1S/C17H17IN2O3/c1-11-6-12(2)8-15(7-11)23-10-16(21)19-20-17(22)13-4-3-5-14(18)9-13/h3-9H,10H2,1-2H3,(H,19,21)(H,20,22). The van der Waals surface area contributed by atoms with Crippen molar-refractivity contribution < 1.29 is 14.3 Å². The number of nitrogens with one attached hydrogen (secondary N) is 2. The fourth-order valence-corrected chi connectivity index (χ4v) is 2.57. The van der Waals surface area contributed by atoms with E-state index in [1.54, 1.807) is 18.2 Å². The van der Waals surface area contributed by atoms with Crippen molar-refractivity contribution in [3.05, 3.63) is 62.7 Å².